The predicted molar refractivity (Wildman–Crippen MR) is 78.9 cm³/mol. The summed E-state index contributed by atoms with van der Waals surface area (Å²) in [6.07, 6.45) is 4.91. The molecule has 1 atom stereocenters. The van der Waals surface area contributed by atoms with Gasteiger partial charge in [-0.3, -0.25) is 0 Å². The summed E-state index contributed by atoms with van der Waals surface area (Å²) in [5.41, 5.74) is 6.93. The molecule has 1 saturated carbocycles. The second kappa shape index (κ2) is 4.83. The number of aryl methyl sites for hydroxylation is 1. The number of nitrogens with zero attached hydrogens (tertiary/aromatic N) is 1. The monoisotopic (exact) mass is 294 g/mol. The minimum Gasteiger partial charge on any atom is -0.327 e. The summed E-state index contributed by atoms with van der Waals surface area (Å²) < 4.78 is 27.5. The Hall–Kier alpha value is -0.910. The molecule has 3 rings (SSSR count). The molecule has 0 aromatic heterocycles. The number of benzene rings is 1. The van der Waals surface area contributed by atoms with E-state index in [9.17, 15) is 8.42 Å². The molecule has 1 aromatic carbocycles. The molecule has 2 fully saturated rings. The summed E-state index contributed by atoms with van der Waals surface area (Å²) in [6, 6.07) is 7.07. The highest BCUT2D eigenvalue weighted by Crippen LogP contribution is 2.46. The minimum atomic E-state index is -3.43. The van der Waals surface area contributed by atoms with Crippen LogP contribution in [0.15, 0.2) is 29.2 Å². The van der Waals surface area contributed by atoms with Crippen LogP contribution < -0.4 is 5.73 Å². The topological polar surface area (TPSA) is 63.4 Å². The molecule has 1 aromatic rings. The molecule has 1 aliphatic heterocycles. The summed E-state index contributed by atoms with van der Waals surface area (Å²) in [6.45, 7) is 2.41. The van der Waals surface area contributed by atoms with Crippen molar-refractivity contribution in [1.29, 1.82) is 0 Å². The molecular formula is C15H22N2O2S. The summed E-state index contributed by atoms with van der Waals surface area (Å²) in [7, 11) is -3.43. The molecule has 1 unspecified atom stereocenters. The van der Waals surface area contributed by atoms with Gasteiger partial charge in [-0.2, -0.15) is 4.31 Å². The number of piperidine rings is 1. The number of nitrogens with two attached hydrogens (primary N) is 1. The normalized spacial score (nSPS) is 26.4. The van der Waals surface area contributed by atoms with Crippen molar-refractivity contribution in [2.24, 2.45) is 5.73 Å². The van der Waals surface area contributed by atoms with Crippen LogP contribution in [0.25, 0.3) is 0 Å². The first-order valence-electron chi connectivity index (χ1n) is 7.29. The van der Waals surface area contributed by atoms with E-state index in [2.05, 4.69) is 0 Å². The van der Waals surface area contributed by atoms with E-state index < -0.39 is 10.0 Å². The molecule has 1 heterocycles. The summed E-state index contributed by atoms with van der Waals surface area (Å²) in [5, 5.41) is 0. The number of sulfonamides is 1. The second-order valence-electron chi connectivity index (χ2n) is 6.23. The van der Waals surface area contributed by atoms with E-state index in [0.29, 0.717) is 11.4 Å². The van der Waals surface area contributed by atoms with Gasteiger partial charge in [0.05, 0.1) is 4.90 Å². The van der Waals surface area contributed by atoms with Gasteiger partial charge in [-0.15, -0.1) is 0 Å². The fourth-order valence-corrected chi connectivity index (χ4v) is 5.26. The molecule has 5 heteroatoms. The first-order chi connectivity index (χ1) is 9.44. The van der Waals surface area contributed by atoms with Crippen LogP contribution >= 0.6 is 0 Å². The maximum atomic E-state index is 12.9. The number of hydrogen-bond acceptors (Lipinski definition) is 3. The van der Waals surface area contributed by atoms with E-state index >= 15 is 0 Å². The Bertz CT molecular complexity index is 591. The van der Waals surface area contributed by atoms with Crippen LogP contribution in [-0.2, 0) is 10.0 Å². The lowest BCUT2D eigenvalue weighted by molar-refractivity contribution is 0.0424. The SMILES string of the molecule is Cc1ccc(S(=O)(=O)N2CC(N)CCC23CCC3)cc1. The zero-order chi connectivity index (χ0) is 14.4. The molecule has 4 nitrogen and oxygen atoms in total. The quantitative estimate of drug-likeness (QED) is 0.907. The van der Waals surface area contributed by atoms with Gasteiger partial charge in [0.1, 0.15) is 0 Å². The molecular weight excluding hydrogens is 272 g/mol. The molecule has 0 amide bonds. The van der Waals surface area contributed by atoms with Gasteiger partial charge in [-0.25, -0.2) is 8.42 Å². The van der Waals surface area contributed by atoms with Crippen molar-refractivity contribution in [1.82, 2.24) is 4.31 Å². The molecule has 1 spiro atoms. The van der Waals surface area contributed by atoms with Crippen LogP contribution in [-0.4, -0.2) is 30.8 Å². The Labute approximate surface area is 121 Å². The fourth-order valence-electron chi connectivity index (χ4n) is 3.35. The van der Waals surface area contributed by atoms with E-state index in [1.807, 2.05) is 19.1 Å². The van der Waals surface area contributed by atoms with Crippen LogP contribution in [0.3, 0.4) is 0 Å². The molecule has 2 aliphatic rings. The van der Waals surface area contributed by atoms with Gasteiger partial charge in [0.2, 0.25) is 10.0 Å². The largest absolute Gasteiger partial charge is 0.327 e. The van der Waals surface area contributed by atoms with Gasteiger partial charge in [0.15, 0.2) is 0 Å². The van der Waals surface area contributed by atoms with Crippen molar-refractivity contribution in [2.45, 2.75) is 55.5 Å². The highest BCUT2D eigenvalue weighted by Gasteiger charge is 2.50. The van der Waals surface area contributed by atoms with E-state index in [1.54, 1.807) is 16.4 Å². The molecule has 0 bridgehead atoms. The van der Waals surface area contributed by atoms with Crippen LogP contribution in [0.2, 0.25) is 0 Å². The Morgan fingerprint density at radius 3 is 2.40 bits per heavy atom. The lowest BCUT2D eigenvalue weighted by atomic mass is 9.71. The second-order valence-corrected chi connectivity index (χ2v) is 8.09. The fraction of sp³-hybridized carbons (Fsp3) is 0.600. The average Bonchev–Trinajstić information content (AvgIpc) is 2.37. The molecule has 110 valence electrons. The van der Waals surface area contributed by atoms with Gasteiger partial charge < -0.3 is 5.73 Å². The predicted octanol–water partition coefficient (Wildman–Crippen LogP) is 2.03. The molecule has 2 N–H and O–H groups in total. The smallest absolute Gasteiger partial charge is 0.243 e. The third-order valence-electron chi connectivity index (χ3n) is 4.80. The van der Waals surface area contributed by atoms with Crippen molar-refractivity contribution >= 4 is 10.0 Å². The summed E-state index contributed by atoms with van der Waals surface area (Å²) in [4.78, 5) is 0.392. The third-order valence-corrected chi connectivity index (χ3v) is 6.79. The first kappa shape index (κ1) is 14.0. The van der Waals surface area contributed by atoms with Gasteiger partial charge in [-0.05, 0) is 51.2 Å². The molecule has 20 heavy (non-hydrogen) atoms. The Kier molecular flexibility index (Phi) is 3.39. The van der Waals surface area contributed by atoms with Crippen molar-refractivity contribution < 1.29 is 8.42 Å². The standard InChI is InChI=1S/C15H22N2O2S/c1-12-3-5-14(6-4-12)20(18,19)17-11-13(16)7-10-15(17)8-2-9-15/h3-6,13H,2,7-11,16H2,1H3. The van der Waals surface area contributed by atoms with Crippen LogP contribution in [0.1, 0.15) is 37.7 Å². The molecule has 1 aliphatic carbocycles. The van der Waals surface area contributed by atoms with Crippen molar-refractivity contribution in [3.8, 4) is 0 Å². The Morgan fingerprint density at radius 2 is 1.85 bits per heavy atom. The van der Waals surface area contributed by atoms with Gasteiger partial charge in [0.25, 0.3) is 0 Å². The van der Waals surface area contributed by atoms with Crippen molar-refractivity contribution in [3.63, 3.8) is 0 Å². The summed E-state index contributed by atoms with van der Waals surface area (Å²) in [5.74, 6) is 0. The van der Waals surface area contributed by atoms with Gasteiger partial charge in [-0.1, -0.05) is 17.7 Å². The van der Waals surface area contributed by atoms with Crippen molar-refractivity contribution in [3.05, 3.63) is 29.8 Å². The van der Waals surface area contributed by atoms with Crippen molar-refractivity contribution in [2.75, 3.05) is 6.54 Å². The lowest BCUT2D eigenvalue weighted by Crippen LogP contribution is -2.62. The van der Waals surface area contributed by atoms with E-state index in [0.717, 1.165) is 37.7 Å². The minimum absolute atomic E-state index is 0.0403. The van der Waals surface area contributed by atoms with Crippen LogP contribution in [0.4, 0.5) is 0 Å². The maximum absolute atomic E-state index is 12.9. The zero-order valence-corrected chi connectivity index (χ0v) is 12.7. The highest BCUT2D eigenvalue weighted by atomic mass is 32.2. The Morgan fingerprint density at radius 1 is 1.20 bits per heavy atom. The van der Waals surface area contributed by atoms with E-state index in [1.165, 1.54) is 0 Å². The highest BCUT2D eigenvalue weighted by molar-refractivity contribution is 7.89. The summed E-state index contributed by atoms with van der Waals surface area (Å²) >= 11 is 0. The number of rotatable bonds is 2. The van der Waals surface area contributed by atoms with Gasteiger partial charge >= 0.3 is 0 Å². The first-order valence-corrected chi connectivity index (χ1v) is 8.73. The van der Waals surface area contributed by atoms with Crippen LogP contribution in [0.5, 0.6) is 0 Å². The maximum Gasteiger partial charge on any atom is 0.243 e. The van der Waals surface area contributed by atoms with E-state index in [4.69, 9.17) is 5.73 Å². The molecule has 0 radical (unpaired) electrons. The van der Waals surface area contributed by atoms with Gasteiger partial charge in [0, 0.05) is 18.1 Å². The van der Waals surface area contributed by atoms with E-state index in [-0.39, 0.29) is 11.6 Å². The lowest BCUT2D eigenvalue weighted by Gasteiger charge is -2.53. The third kappa shape index (κ3) is 2.18. The molecule has 1 saturated heterocycles. The Balaban J connectivity index is 1.98. The van der Waals surface area contributed by atoms with Crippen LogP contribution in [0, 0.1) is 6.92 Å². The number of hydrogen-bond donors (Lipinski definition) is 1. The zero-order valence-electron chi connectivity index (χ0n) is 11.9. The average molecular weight is 294 g/mol.